The molecule has 1 aromatic heterocycles. The van der Waals surface area contributed by atoms with Crippen LogP contribution >= 0.6 is 11.8 Å². The molecule has 1 atom stereocenters. The summed E-state index contributed by atoms with van der Waals surface area (Å²) in [5, 5.41) is 11.5. The Morgan fingerprint density at radius 2 is 1.76 bits per heavy atom. The van der Waals surface area contributed by atoms with Crippen LogP contribution in [0.5, 0.6) is 23.0 Å². The first-order chi connectivity index (χ1) is 16.7. The Labute approximate surface area is 199 Å². The van der Waals surface area contributed by atoms with Crippen LogP contribution in [0.3, 0.4) is 0 Å². The zero-order valence-corrected chi connectivity index (χ0v) is 18.8. The number of thioether (sulfide) groups is 1. The molecule has 1 aliphatic heterocycles. The van der Waals surface area contributed by atoms with E-state index in [0.717, 1.165) is 0 Å². The molecule has 5 rings (SSSR count). The number of ether oxygens (including phenoxy) is 3. The fourth-order valence-corrected chi connectivity index (χ4v) is 4.01. The average molecular weight is 476 g/mol. The summed E-state index contributed by atoms with van der Waals surface area (Å²) in [6.07, 6.45) is -0.502. The monoisotopic (exact) mass is 475 g/mol. The molecule has 3 aromatic carbocycles. The summed E-state index contributed by atoms with van der Waals surface area (Å²) in [4.78, 5) is 12.6. The maximum absolute atomic E-state index is 12.6. The van der Waals surface area contributed by atoms with Crippen molar-refractivity contribution in [1.29, 1.82) is 0 Å². The molecule has 3 N–H and O–H groups in total. The van der Waals surface area contributed by atoms with Gasteiger partial charge in [0.1, 0.15) is 12.4 Å². The van der Waals surface area contributed by atoms with E-state index < -0.39 is 6.10 Å². The van der Waals surface area contributed by atoms with Gasteiger partial charge in [0.2, 0.25) is 11.1 Å². The van der Waals surface area contributed by atoms with Crippen molar-refractivity contribution in [3.8, 4) is 23.0 Å². The second-order valence-electron chi connectivity index (χ2n) is 7.32. The summed E-state index contributed by atoms with van der Waals surface area (Å²) in [6.45, 7) is 0.260. The highest BCUT2D eigenvalue weighted by Gasteiger charge is 2.28. The first kappa shape index (κ1) is 21.7. The highest BCUT2D eigenvalue weighted by Crippen LogP contribution is 2.35. The van der Waals surface area contributed by atoms with Crippen molar-refractivity contribution in [1.82, 2.24) is 14.9 Å². The molecule has 34 heavy (non-hydrogen) atoms. The number of nitrogens with zero attached hydrogens (tertiary/aromatic N) is 3. The largest absolute Gasteiger partial charge is 0.485 e. The summed E-state index contributed by atoms with van der Waals surface area (Å²) in [5.74, 6) is 8.97. The van der Waals surface area contributed by atoms with Gasteiger partial charge in [-0.2, -0.15) is 0 Å². The Hall–Kier alpha value is -4.18. The zero-order chi connectivity index (χ0) is 23.3. The average Bonchev–Trinajstić information content (AvgIpc) is 3.24. The van der Waals surface area contributed by atoms with E-state index in [2.05, 4.69) is 15.5 Å². The van der Waals surface area contributed by atoms with Gasteiger partial charge in [-0.1, -0.05) is 54.2 Å². The molecular weight excluding hydrogens is 454 g/mol. The van der Waals surface area contributed by atoms with Crippen molar-refractivity contribution >= 4 is 23.4 Å². The van der Waals surface area contributed by atoms with Gasteiger partial charge in [0.05, 0.1) is 11.4 Å². The maximum atomic E-state index is 12.6. The number of rotatable bonds is 7. The van der Waals surface area contributed by atoms with Crippen LogP contribution in [0.2, 0.25) is 0 Å². The molecule has 0 bridgehead atoms. The van der Waals surface area contributed by atoms with Gasteiger partial charge in [0, 0.05) is 0 Å². The molecule has 10 heteroatoms. The van der Waals surface area contributed by atoms with Crippen LogP contribution in [0.15, 0.2) is 84.0 Å². The van der Waals surface area contributed by atoms with E-state index in [1.54, 1.807) is 12.1 Å². The number of hydrogen-bond acceptors (Lipinski definition) is 8. The molecule has 1 amide bonds. The summed E-state index contributed by atoms with van der Waals surface area (Å²) in [7, 11) is 0. The van der Waals surface area contributed by atoms with Gasteiger partial charge >= 0.3 is 0 Å². The predicted octanol–water partition coefficient (Wildman–Crippen LogP) is 4.03. The normalized spacial score (nSPS) is 14.4. The molecule has 9 nitrogen and oxygen atoms in total. The minimum Gasteiger partial charge on any atom is -0.485 e. The lowest BCUT2D eigenvalue weighted by atomic mass is 10.2. The Morgan fingerprint density at radius 3 is 2.62 bits per heavy atom. The van der Waals surface area contributed by atoms with E-state index in [1.807, 2.05) is 66.7 Å². The summed E-state index contributed by atoms with van der Waals surface area (Å²) < 4.78 is 18.9. The number of nitrogens with one attached hydrogen (secondary N) is 1. The lowest BCUT2D eigenvalue weighted by Gasteiger charge is -2.25. The number of fused-ring (bicyclic) bond motifs is 1. The molecule has 2 heterocycles. The summed E-state index contributed by atoms with van der Waals surface area (Å²) in [6, 6.07) is 24.0. The molecule has 0 aliphatic carbocycles. The summed E-state index contributed by atoms with van der Waals surface area (Å²) >= 11 is 1.17. The van der Waals surface area contributed by atoms with Crippen LogP contribution in [0.1, 0.15) is 11.9 Å². The van der Waals surface area contributed by atoms with E-state index in [1.165, 1.54) is 16.4 Å². The fourth-order valence-electron chi connectivity index (χ4n) is 3.34. The molecule has 0 saturated heterocycles. The van der Waals surface area contributed by atoms with Crippen molar-refractivity contribution < 1.29 is 19.0 Å². The SMILES string of the molecule is Nn1c(SCC(=O)Nc2ccccc2Oc2ccccc2)nnc1[C@@H]1COc2ccccc2O1. The number of para-hydroxylation sites is 5. The molecule has 0 radical (unpaired) electrons. The van der Waals surface area contributed by atoms with Crippen LogP contribution < -0.4 is 25.4 Å². The molecule has 0 spiro atoms. The van der Waals surface area contributed by atoms with E-state index in [4.69, 9.17) is 20.1 Å². The first-order valence-corrected chi connectivity index (χ1v) is 11.5. The highest BCUT2D eigenvalue weighted by molar-refractivity contribution is 7.99. The quantitative estimate of drug-likeness (QED) is 0.304. The smallest absolute Gasteiger partial charge is 0.234 e. The summed E-state index contributed by atoms with van der Waals surface area (Å²) in [5.41, 5.74) is 0.568. The Morgan fingerprint density at radius 1 is 1.03 bits per heavy atom. The van der Waals surface area contributed by atoms with Crippen molar-refractivity contribution in [2.45, 2.75) is 11.3 Å². The standard InChI is InChI=1S/C24H21N5O4S/c25-29-23(21-14-31-19-12-6-7-13-20(19)33-21)27-28-24(29)34-15-22(30)26-17-10-4-5-11-18(17)32-16-8-2-1-3-9-16/h1-13,21H,14-15,25H2,(H,26,30)/t21-/m0/s1. The third-order valence-corrected chi connectivity index (χ3v) is 5.90. The number of anilines is 1. The van der Waals surface area contributed by atoms with E-state index in [0.29, 0.717) is 39.7 Å². The van der Waals surface area contributed by atoms with E-state index >= 15 is 0 Å². The number of nitrogens with two attached hydrogens (primary N) is 1. The molecule has 1 aliphatic rings. The minimum absolute atomic E-state index is 0.0832. The van der Waals surface area contributed by atoms with Crippen LogP contribution in [0, 0.1) is 0 Å². The number of benzene rings is 3. The van der Waals surface area contributed by atoms with Gasteiger partial charge in [-0.05, 0) is 36.4 Å². The van der Waals surface area contributed by atoms with E-state index in [9.17, 15) is 4.79 Å². The van der Waals surface area contributed by atoms with Crippen LogP contribution in [0.25, 0.3) is 0 Å². The van der Waals surface area contributed by atoms with Crippen molar-refractivity contribution in [3.05, 3.63) is 84.7 Å². The third kappa shape index (κ3) is 4.76. The predicted molar refractivity (Wildman–Crippen MR) is 128 cm³/mol. The number of hydrogen-bond donors (Lipinski definition) is 2. The zero-order valence-electron chi connectivity index (χ0n) is 18.0. The van der Waals surface area contributed by atoms with Crippen LogP contribution in [0.4, 0.5) is 5.69 Å². The topological polar surface area (TPSA) is 114 Å². The molecule has 4 aromatic rings. The van der Waals surface area contributed by atoms with Gasteiger partial charge in [0.15, 0.2) is 29.2 Å². The van der Waals surface area contributed by atoms with Gasteiger partial charge < -0.3 is 25.4 Å². The lowest BCUT2D eigenvalue weighted by molar-refractivity contribution is -0.113. The number of amides is 1. The second kappa shape index (κ2) is 9.75. The number of carbonyl (C=O) groups is 1. The third-order valence-electron chi connectivity index (χ3n) is 4.95. The number of carbonyl (C=O) groups excluding carboxylic acids is 1. The minimum atomic E-state index is -0.502. The van der Waals surface area contributed by atoms with Gasteiger partial charge in [-0.25, -0.2) is 4.68 Å². The first-order valence-electron chi connectivity index (χ1n) is 10.5. The van der Waals surface area contributed by atoms with Crippen LogP contribution in [-0.4, -0.2) is 33.1 Å². The fraction of sp³-hybridized carbons (Fsp3) is 0.125. The Bertz CT molecular complexity index is 1300. The lowest BCUT2D eigenvalue weighted by Crippen LogP contribution is -2.27. The van der Waals surface area contributed by atoms with Crippen molar-refractivity contribution in [2.24, 2.45) is 0 Å². The van der Waals surface area contributed by atoms with Gasteiger partial charge in [-0.15, -0.1) is 10.2 Å². The van der Waals surface area contributed by atoms with Gasteiger partial charge in [0.25, 0.3) is 0 Å². The van der Waals surface area contributed by atoms with Crippen LogP contribution in [-0.2, 0) is 4.79 Å². The van der Waals surface area contributed by atoms with Crippen molar-refractivity contribution in [2.75, 3.05) is 23.5 Å². The Balaban J connectivity index is 1.21. The molecule has 0 saturated carbocycles. The molecular formula is C24H21N5O4S. The number of nitrogen functional groups attached to an aromatic ring is 1. The molecule has 0 unspecified atom stereocenters. The highest BCUT2D eigenvalue weighted by atomic mass is 32.2. The maximum Gasteiger partial charge on any atom is 0.234 e. The Kier molecular flexibility index (Phi) is 6.21. The molecule has 0 fully saturated rings. The van der Waals surface area contributed by atoms with E-state index in [-0.39, 0.29) is 18.3 Å². The van der Waals surface area contributed by atoms with Crippen molar-refractivity contribution in [3.63, 3.8) is 0 Å². The second-order valence-corrected chi connectivity index (χ2v) is 8.27. The molecule has 172 valence electrons. The van der Waals surface area contributed by atoms with Gasteiger partial charge in [-0.3, -0.25) is 4.79 Å². The number of aromatic nitrogens is 3.